The molecule has 10 nitrogen and oxygen atoms in total. The fourth-order valence-electron chi connectivity index (χ4n) is 6.94. The predicted molar refractivity (Wildman–Crippen MR) is 147 cm³/mol. The predicted octanol–water partition coefficient (Wildman–Crippen LogP) is 0.461. The average molecular weight is 561 g/mol. The van der Waals surface area contributed by atoms with E-state index in [4.69, 9.17) is 4.74 Å². The summed E-state index contributed by atoms with van der Waals surface area (Å²) in [6.45, 7) is 7.89. The summed E-state index contributed by atoms with van der Waals surface area (Å²) >= 11 is 0. The molecule has 6 N–H and O–H groups in total. The van der Waals surface area contributed by atoms with Gasteiger partial charge in [-0.25, -0.2) is 14.2 Å². The Bertz CT molecular complexity index is 1060. The number of ether oxygens (including phenoxy) is 1. The number of fused-ring (bicyclic) bond motifs is 2. The van der Waals surface area contributed by atoms with Crippen LogP contribution < -0.4 is 32.0 Å². The summed E-state index contributed by atoms with van der Waals surface area (Å²) in [7, 11) is 0. The minimum atomic E-state index is -1.39. The molecule has 10 unspecified atom stereocenters. The van der Waals surface area contributed by atoms with Crippen LogP contribution in [0.1, 0.15) is 32.6 Å². The van der Waals surface area contributed by atoms with Crippen molar-refractivity contribution in [3.63, 3.8) is 0 Å². The lowest BCUT2D eigenvalue weighted by Gasteiger charge is -2.49. The van der Waals surface area contributed by atoms with E-state index in [2.05, 4.69) is 44.7 Å². The van der Waals surface area contributed by atoms with Gasteiger partial charge in [-0.3, -0.25) is 31.1 Å². The summed E-state index contributed by atoms with van der Waals surface area (Å²) in [5.41, 5.74) is 4.47. The van der Waals surface area contributed by atoms with Crippen LogP contribution in [0.5, 0.6) is 0 Å². The molecule has 4 fully saturated rings. The van der Waals surface area contributed by atoms with Crippen LogP contribution in [0.25, 0.3) is 0 Å². The molecular weight excluding hydrogens is 518 g/mol. The highest BCUT2D eigenvalue weighted by Gasteiger charge is 2.48. The van der Waals surface area contributed by atoms with Crippen LogP contribution in [0.4, 0.5) is 8.78 Å². The number of nitrogens with one attached hydrogen (secondary N) is 6. The lowest BCUT2D eigenvalue weighted by atomic mass is 9.80. The lowest BCUT2D eigenvalue weighted by Crippen LogP contribution is -2.75. The first-order chi connectivity index (χ1) is 19.4. The fourth-order valence-corrected chi connectivity index (χ4v) is 6.94. The Kier molecular flexibility index (Phi) is 8.25. The van der Waals surface area contributed by atoms with Crippen molar-refractivity contribution in [1.29, 1.82) is 0 Å². The Morgan fingerprint density at radius 2 is 2.10 bits per heavy atom. The van der Waals surface area contributed by atoms with Gasteiger partial charge in [0.2, 0.25) is 5.91 Å². The first kappa shape index (κ1) is 27.8. The van der Waals surface area contributed by atoms with Gasteiger partial charge in [0.25, 0.3) is 0 Å². The second-order valence-corrected chi connectivity index (χ2v) is 11.7. The number of hydrogen-bond acceptors (Lipinski definition) is 9. The number of hydrogen-bond donors (Lipinski definition) is 6. The Balaban J connectivity index is 1.08. The first-order valence-electron chi connectivity index (χ1n) is 14.6. The van der Waals surface area contributed by atoms with E-state index in [1.807, 2.05) is 30.3 Å². The molecule has 5 heterocycles. The van der Waals surface area contributed by atoms with Gasteiger partial charge in [0, 0.05) is 50.4 Å². The van der Waals surface area contributed by atoms with Crippen LogP contribution >= 0.6 is 0 Å². The van der Waals surface area contributed by atoms with Gasteiger partial charge in [-0.2, -0.15) is 0 Å². The van der Waals surface area contributed by atoms with Gasteiger partial charge in [-0.1, -0.05) is 25.2 Å². The molecule has 12 heteroatoms. The zero-order valence-electron chi connectivity index (χ0n) is 23.0. The molecule has 0 aromatic heterocycles. The smallest absolute Gasteiger partial charge is 0.246 e. The zero-order valence-corrected chi connectivity index (χ0v) is 23.0. The second-order valence-electron chi connectivity index (χ2n) is 11.7. The molecule has 0 aromatic rings. The number of alkyl halides is 2. The lowest BCUT2D eigenvalue weighted by molar-refractivity contribution is -0.125. The summed E-state index contributed by atoms with van der Waals surface area (Å²) in [5, 5.41) is 19.2. The van der Waals surface area contributed by atoms with Gasteiger partial charge in [0.05, 0.1) is 24.9 Å². The van der Waals surface area contributed by atoms with Crippen LogP contribution in [0.15, 0.2) is 48.4 Å². The molecule has 220 valence electrons. The summed E-state index contributed by atoms with van der Waals surface area (Å²) in [4.78, 5) is 13.8. The van der Waals surface area contributed by atoms with Crippen LogP contribution in [-0.2, 0) is 9.53 Å². The van der Waals surface area contributed by atoms with Crippen molar-refractivity contribution in [1.82, 2.24) is 41.9 Å². The van der Waals surface area contributed by atoms with Gasteiger partial charge in [-0.15, -0.1) is 0 Å². The summed E-state index contributed by atoms with van der Waals surface area (Å²) < 4.78 is 37.6. The molecule has 5 aliphatic heterocycles. The Morgan fingerprint density at radius 3 is 2.90 bits per heavy atom. The van der Waals surface area contributed by atoms with Gasteiger partial charge < -0.3 is 15.0 Å². The topological polar surface area (TPSA) is 105 Å². The standard InChI is InChI=1S/C28H42F2N8O2/c1-3-24(39)37-9-6-17(7-10-37)20-4-5-21-27(35-20)28(33-14-31-21)36-26-19(29)13-22(16(2)25(26)30)40-18-8-11-38-23(12-18)32-15-34-38/h3,6,8,11-12,16,19-23,25-28,31-36H,1,4-5,7,9-10,13-15H2,2H3. The van der Waals surface area contributed by atoms with Crippen molar-refractivity contribution in [2.75, 3.05) is 26.4 Å². The summed E-state index contributed by atoms with van der Waals surface area (Å²) in [6, 6.07) is -0.573. The van der Waals surface area contributed by atoms with Gasteiger partial charge in [0.1, 0.15) is 30.4 Å². The summed E-state index contributed by atoms with van der Waals surface area (Å²) in [6.07, 6.45) is 8.40. The molecule has 40 heavy (non-hydrogen) atoms. The fraction of sp³-hybridized carbons (Fsp3) is 0.679. The van der Waals surface area contributed by atoms with E-state index in [1.54, 1.807) is 4.90 Å². The molecule has 6 aliphatic rings. The third-order valence-electron chi connectivity index (χ3n) is 9.35. The van der Waals surface area contributed by atoms with E-state index in [0.717, 1.165) is 19.3 Å². The number of carbonyl (C=O) groups excluding carboxylic acids is 1. The molecule has 0 radical (unpaired) electrons. The van der Waals surface area contributed by atoms with Crippen molar-refractivity contribution >= 4 is 5.91 Å². The zero-order chi connectivity index (χ0) is 27.8. The quantitative estimate of drug-likeness (QED) is 0.204. The average Bonchev–Trinajstić information content (AvgIpc) is 3.45. The minimum Gasteiger partial charge on any atom is -0.490 e. The van der Waals surface area contributed by atoms with Gasteiger partial charge in [-0.05, 0) is 37.5 Å². The molecule has 0 aromatic carbocycles. The molecule has 10 atom stereocenters. The number of allylic oxidation sites excluding steroid dienone is 1. The van der Waals surface area contributed by atoms with Crippen molar-refractivity contribution in [3.05, 3.63) is 48.4 Å². The van der Waals surface area contributed by atoms with Crippen LogP contribution in [0, 0.1) is 5.92 Å². The molecule has 1 saturated carbocycles. The van der Waals surface area contributed by atoms with E-state index in [0.29, 0.717) is 32.2 Å². The SMILES string of the molecule is C=CC(=O)N1CC=C(C2CCC3NCNC(NC4C(F)CC(OC5=CC6NCNN6C=C5)C(C)C4F)C3N2)CC1. The molecule has 1 amide bonds. The molecule has 1 aliphatic carbocycles. The minimum absolute atomic E-state index is 0.0284. The third kappa shape index (κ3) is 5.57. The normalized spacial score (nSPS) is 41.5. The van der Waals surface area contributed by atoms with Crippen LogP contribution in [0.3, 0.4) is 0 Å². The number of amides is 1. The molecular formula is C28H42F2N8O2. The highest BCUT2D eigenvalue weighted by Crippen LogP contribution is 2.34. The molecule has 0 spiro atoms. The highest BCUT2D eigenvalue weighted by molar-refractivity contribution is 5.87. The van der Waals surface area contributed by atoms with Gasteiger partial charge >= 0.3 is 0 Å². The molecule has 0 bridgehead atoms. The van der Waals surface area contributed by atoms with Crippen LogP contribution in [-0.4, -0.2) is 97.2 Å². The number of hydrazine groups is 1. The monoisotopic (exact) mass is 560 g/mol. The van der Waals surface area contributed by atoms with E-state index in [-0.39, 0.29) is 42.8 Å². The Hall–Kier alpha value is -2.35. The maximum Gasteiger partial charge on any atom is 0.246 e. The number of nitrogens with zero attached hydrogens (tertiary/aromatic N) is 2. The maximum atomic E-state index is 15.8. The Morgan fingerprint density at radius 1 is 1.23 bits per heavy atom. The Labute approximate surface area is 234 Å². The third-order valence-corrected chi connectivity index (χ3v) is 9.35. The number of rotatable bonds is 6. The number of carbonyl (C=O) groups is 1. The van der Waals surface area contributed by atoms with Crippen molar-refractivity contribution in [3.8, 4) is 0 Å². The van der Waals surface area contributed by atoms with Crippen molar-refractivity contribution in [2.24, 2.45) is 5.92 Å². The summed E-state index contributed by atoms with van der Waals surface area (Å²) in [5.74, 6) is 0.119. The van der Waals surface area contributed by atoms with Crippen molar-refractivity contribution in [2.45, 2.75) is 87.6 Å². The first-order valence-corrected chi connectivity index (χ1v) is 14.6. The highest BCUT2D eigenvalue weighted by atomic mass is 19.1. The molecule has 3 saturated heterocycles. The second kappa shape index (κ2) is 11.9. The number of halogens is 2. The van der Waals surface area contributed by atoms with Crippen molar-refractivity contribution < 1.29 is 18.3 Å². The molecule has 6 rings (SSSR count). The van der Waals surface area contributed by atoms with E-state index < -0.39 is 30.4 Å². The van der Waals surface area contributed by atoms with E-state index >= 15 is 8.78 Å². The van der Waals surface area contributed by atoms with Gasteiger partial charge in [0.15, 0.2) is 0 Å². The van der Waals surface area contributed by atoms with E-state index in [9.17, 15) is 4.79 Å². The van der Waals surface area contributed by atoms with Crippen LogP contribution in [0.2, 0.25) is 0 Å². The maximum absolute atomic E-state index is 15.8. The largest absolute Gasteiger partial charge is 0.490 e. The number of piperidine rings is 1. The van der Waals surface area contributed by atoms with E-state index in [1.165, 1.54) is 11.6 Å².